The van der Waals surface area contributed by atoms with Gasteiger partial charge in [0.25, 0.3) is 0 Å². The summed E-state index contributed by atoms with van der Waals surface area (Å²) in [6.07, 6.45) is 0. The number of hydrogen-bond donors (Lipinski definition) is 2. The molecule has 0 heterocycles. The predicted molar refractivity (Wildman–Crippen MR) is 69.5 cm³/mol. The van der Waals surface area contributed by atoms with Crippen LogP contribution in [0.1, 0.15) is 13.8 Å². The summed E-state index contributed by atoms with van der Waals surface area (Å²) in [5.74, 6) is 0. The van der Waals surface area contributed by atoms with Crippen LogP contribution in [0, 0.1) is 0 Å². The van der Waals surface area contributed by atoms with Crippen LogP contribution < -0.4 is 4.49 Å². The van der Waals surface area contributed by atoms with E-state index in [9.17, 15) is 17.9 Å². The van der Waals surface area contributed by atoms with E-state index < -0.39 is 17.7 Å². The van der Waals surface area contributed by atoms with E-state index in [1.54, 1.807) is 32.0 Å². The van der Waals surface area contributed by atoms with Crippen molar-refractivity contribution < 1.29 is 17.9 Å². The second kappa shape index (κ2) is 5.95. The summed E-state index contributed by atoms with van der Waals surface area (Å²) < 4.78 is 38.8. The average Bonchev–Trinajstić information content (AvgIpc) is 2.30. The standard InChI is InChI=1S/C10H17N2O4PS/c1-3-12(4-2)17(13,14)11-18(15,16)10-8-6-5-7-9-10/h5-9H,3-4H2,1-2H3,(H2,11,13,14). The fourth-order valence-corrected chi connectivity index (χ4v) is 4.89. The highest BCUT2D eigenvalue weighted by Crippen LogP contribution is 2.41. The highest BCUT2D eigenvalue weighted by Gasteiger charge is 2.31. The Morgan fingerprint density at radius 1 is 1.22 bits per heavy atom. The van der Waals surface area contributed by atoms with Crippen LogP contribution in [0.5, 0.6) is 0 Å². The summed E-state index contributed by atoms with van der Waals surface area (Å²) in [5, 5.41) is 0. The van der Waals surface area contributed by atoms with Gasteiger partial charge in [-0.05, 0) is 12.1 Å². The molecule has 1 atom stereocenters. The van der Waals surface area contributed by atoms with E-state index in [0.717, 1.165) is 0 Å². The maximum absolute atomic E-state index is 12.0. The molecule has 0 spiro atoms. The van der Waals surface area contributed by atoms with Gasteiger partial charge in [-0.2, -0.15) is 0 Å². The van der Waals surface area contributed by atoms with Crippen molar-refractivity contribution in [1.29, 1.82) is 0 Å². The molecule has 1 aromatic rings. The quantitative estimate of drug-likeness (QED) is 0.774. The summed E-state index contributed by atoms with van der Waals surface area (Å²) in [4.78, 5) is 9.73. The van der Waals surface area contributed by atoms with Crippen molar-refractivity contribution in [2.24, 2.45) is 0 Å². The minimum atomic E-state index is -4.09. The molecule has 1 aromatic carbocycles. The smallest absolute Gasteiger partial charge is 0.321 e. The number of nitrogens with zero attached hydrogens (tertiary/aromatic N) is 1. The third-order valence-electron chi connectivity index (χ3n) is 2.41. The van der Waals surface area contributed by atoms with Crippen LogP contribution in [0.4, 0.5) is 0 Å². The summed E-state index contributed by atoms with van der Waals surface area (Å²) in [6.45, 7) is 3.93. The lowest BCUT2D eigenvalue weighted by molar-refractivity contribution is 0.360. The van der Waals surface area contributed by atoms with Gasteiger partial charge in [0, 0.05) is 13.1 Å². The van der Waals surface area contributed by atoms with Crippen LogP contribution in [0.3, 0.4) is 0 Å². The molecule has 0 saturated heterocycles. The fourth-order valence-electron chi connectivity index (χ4n) is 1.47. The van der Waals surface area contributed by atoms with E-state index in [0.29, 0.717) is 0 Å². The molecule has 0 fully saturated rings. The molecule has 6 nitrogen and oxygen atoms in total. The van der Waals surface area contributed by atoms with Gasteiger partial charge < -0.3 is 4.89 Å². The molecule has 0 bridgehead atoms. The van der Waals surface area contributed by atoms with Crippen LogP contribution in [-0.4, -0.2) is 31.1 Å². The minimum absolute atomic E-state index is 0.0357. The first kappa shape index (κ1) is 15.3. The van der Waals surface area contributed by atoms with Gasteiger partial charge >= 0.3 is 7.67 Å². The molecule has 1 rings (SSSR count). The Balaban J connectivity index is 3.00. The Morgan fingerprint density at radius 2 is 1.72 bits per heavy atom. The van der Waals surface area contributed by atoms with Gasteiger partial charge in [0.2, 0.25) is 10.0 Å². The molecular formula is C10H17N2O4PS. The first-order valence-electron chi connectivity index (χ1n) is 5.51. The highest BCUT2D eigenvalue weighted by molar-refractivity contribution is 7.95. The third kappa shape index (κ3) is 3.63. The molecular weight excluding hydrogens is 275 g/mol. The van der Waals surface area contributed by atoms with E-state index in [2.05, 4.69) is 0 Å². The number of benzene rings is 1. The van der Waals surface area contributed by atoms with Crippen molar-refractivity contribution in [2.75, 3.05) is 13.1 Å². The molecule has 2 N–H and O–H groups in total. The predicted octanol–water partition coefficient (Wildman–Crippen LogP) is 1.41. The summed E-state index contributed by atoms with van der Waals surface area (Å²) >= 11 is 0. The molecule has 0 aliphatic carbocycles. The Bertz CT molecular complexity index is 528. The highest BCUT2D eigenvalue weighted by atomic mass is 32.2. The molecule has 1 unspecified atom stereocenters. The maximum Gasteiger partial charge on any atom is 0.354 e. The van der Waals surface area contributed by atoms with Crippen molar-refractivity contribution in [2.45, 2.75) is 18.7 Å². The van der Waals surface area contributed by atoms with Crippen molar-refractivity contribution in [3.05, 3.63) is 30.3 Å². The van der Waals surface area contributed by atoms with E-state index in [4.69, 9.17) is 0 Å². The van der Waals surface area contributed by atoms with E-state index in [1.807, 2.05) is 4.49 Å². The van der Waals surface area contributed by atoms with Crippen molar-refractivity contribution in [3.8, 4) is 0 Å². The van der Waals surface area contributed by atoms with E-state index in [1.165, 1.54) is 16.8 Å². The summed E-state index contributed by atoms with van der Waals surface area (Å²) in [7, 11) is -8.08. The summed E-state index contributed by atoms with van der Waals surface area (Å²) in [6, 6.07) is 7.50. The minimum Gasteiger partial charge on any atom is -0.321 e. The SMILES string of the molecule is CCN(CC)P(=O)(O)NS(=O)(=O)c1ccccc1. The molecule has 0 amide bonds. The topological polar surface area (TPSA) is 86.7 Å². The lowest BCUT2D eigenvalue weighted by atomic mass is 10.4. The summed E-state index contributed by atoms with van der Waals surface area (Å²) in [5.41, 5.74) is 0. The fraction of sp³-hybridized carbons (Fsp3) is 0.400. The van der Waals surface area contributed by atoms with Gasteiger partial charge in [0.1, 0.15) is 0 Å². The van der Waals surface area contributed by atoms with Gasteiger partial charge in [-0.3, -0.25) is 4.57 Å². The maximum atomic E-state index is 12.0. The zero-order valence-corrected chi connectivity index (χ0v) is 12.0. The second-order valence-electron chi connectivity index (χ2n) is 3.59. The number of nitrogens with one attached hydrogen (secondary N) is 1. The average molecular weight is 292 g/mol. The van der Waals surface area contributed by atoms with Crippen molar-refractivity contribution in [1.82, 2.24) is 9.16 Å². The van der Waals surface area contributed by atoms with Crippen LogP contribution in [0.2, 0.25) is 0 Å². The number of sulfonamides is 1. The van der Waals surface area contributed by atoms with Gasteiger partial charge in [0.15, 0.2) is 0 Å². The Morgan fingerprint density at radius 3 is 2.17 bits per heavy atom. The Kier molecular flexibility index (Phi) is 5.07. The lowest BCUT2D eigenvalue weighted by Gasteiger charge is -2.24. The van der Waals surface area contributed by atoms with Gasteiger partial charge in [0.05, 0.1) is 4.90 Å². The van der Waals surface area contributed by atoms with E-state index >= 15 is 0 Å². The first-order valence-corrected chi connectivity index (χ1v) is 8.60. The van der Waals surface area contributed by atoms with Gasteiger partial charge in [-0.25, -0.2) is 13.1 Å². The molecule has 0 aromatic heterocycles. The van der Waals surface area contributed by atoms with Gasteiger partial charge in [-0.15, -0.1) is 4.49 Å². The molecule has 0 aliphatic heterocycles. The molecule has 8 heteroatoms. The monoisotopic (exact) mass is 292 g/mol. The van der Waals surface area contributed by atoms with Crippen LogP contribution in [0.15, 0.2) is 35.2 Å². The van der Waals surface area contributed by atoms with Gasteiger partial charge in [-0.1, -0.05) is 32.0 Å². The van der Waals surface area contributed by atoms with Crippen molar-refractivity contribution >= 4 is 17.7 Å². The van der Waals surface area contributed by atoms with Crippen LogP contribution >= 0.6 is 7.67 Å². The molecule has 0 aliphatic rings. The molecule has 0 radical (unpaired) electrons. The zero-order chi connectivity index (χ0) is 13.8. The number of hydrogen-bond acceptors (Lipinski definition) is 3. The Hall–Kier alpha value is -0.720. The Labute approximate surface area is 107 Å². The first-order chi connectivity index (χ1) is 8.33. The lowest BCUT2D eigenvalue weighted by Crippen LogP contribution is -2.31. The third-order valence-corrected chi connectivity index (χ3v) is 6.54. The van der Waals surface area contributed by atoms with Crippen LogP contribution in [-0.2, 0) is 14.6 Å². The second-order valence-corrected chi connectivity index (χ2v) is 7.45. The molecule has 18 heavy (non-hydrogen) atoms. The van der Waals surface area contributed by atoms with Crippen molar-refractivity contribution in [3.63, 3.8) is 0 Å². The zero-order valence-electron chi connectivity index (χ0n) is 10.3. The van der Waals surface area contributed by atoms with E-state index in [-0.39, 0.29) is 18.0 Å². The normalized spacial score (nSPS) is 15.6. The molecule has 102 valence electrons. The number of rotatable bonds is 6. The molecule has 0 saturated carbocycles. The van der Waals surface area contributed by atoms with Crippen LogP contribution in [0.25, 0.3) is 0 Å². The largest absolute Gasteiger partial charge is 0.354 e.